The highest BCUT2D eigenvalue weighted by Gasteiger charge is 2.50. The third-order valence-electron chi connectivity index (χ3n) is 4.12. The molecule has 126 valence electrons. The molecule has 1 aliphatic carbocycles. The maximum Gasteiger partial charge on any atom is 0.307 e. The van der Waals surface area contributed by atoms with E-state index in [1.165, 1.54) is 16.4 Å². The lowest BCUT2D eigenvalue weighted by Gasteiger charge is -2.33. The van der Waals surface area contributed by atoms with Gasteiger partial charge in [0.15, 0.2) is 0 Å². The Balaban J connectivity index is 1.60. The van der Waals surface area contributed by atoms with Gasteiger partial charge in [-0.2, -0.15) is 4.31 Å². The van der Waals surface area contributed by atoms with Gasteiger partial charge in [0.25, 0.3) is 10.0 Å². The Morgan fingerprint density at radius 3 is 2.30 bits per heavy atom. The predicted molar refractivity (Wildman–Crippen MR) is 83.9 cm³/mol. The van der Waals surface area contributed by atoms with E-state index in [0.717, 1.165) is 11.3 Å². The Hall–Kier alpha value is -1.16. The van der Waals surface area contributed by atoms with Crippen molar-refractivity contribution in [2.75, 3.05) is 26.2 Å². The first kappa shape index (κ1) is 16.7. The van der Waals surface area contributed by atoms with E-state index in [1.807, 2.05) is 0 Å². The molecule has 1 N–H and O–H groups in total. The summed E-state index contributed by atoms with van der Waals surface area (Å²) in [6.07, 6.45) is 0.375. The first-order valence-electron chi connectivity index (χ1n) is 7.08. The summed E-state index contributed by atoms with van der Waals surface area (Å²) < 4.78 is 26.9. The number of piperazine rings is 1. The molecule has 1 aromatic rings. The van der Waals surface area contributed by atoms with Gasteiger partial charge in [-0.05, 0) is 18.6 Å². The van der Waals surface area contributed by atoms with Crippen LogP contribution in [0.5, 0.6) is 0 Å². The van der Waals surface area contributed by atoms with Crippen molar-refractivity contribution in [2.24, 2.45) is 11.8 Å². The Morgan fingerprint density at radius 2 is 1.83 bits per heavy atom. The van der Waals surface area contributed by atoms with Gasteiger partial charge in [0.1, 0.15) is 4.21 Å². The largest absolute Gasteiger partial charge is 0.481 e. The Bertz CT molecular complexity index is 739. The molecule has 7 nitrogen and oxygen atoms in total. The zero-order valence-electron chi connectivity index (χ0n) is 12.0. The lowest BCUT2D eigenvalue weighted by molar-refractivity contribution is -0.142. The summed E-state index contributed by atoms with van der Waals surface area (Å²) in [5.41, 5.74) is 0. The summed E-state index contributed by atoms with van der Waals surface area (Å²) in [5, 5.41) is 8.88. The third-order valence-corrected chi connectivity index (χ3v) is 7.72. The smallest absolute Gasteiger partial charge is 0.307 e. The number of aliphatic carboxylic acids is 1. The number of carbonyl (C=O) groups excluding carboxylic acids is 1. The minimum absolute atomic E-state index is 0.186. The number of halogens is 1. The summed E-state index contributed by atoms with van der Waals surface area (Å²) in [5.74, 6) is -2.17. The molecule has 0 bridgehead atoms. The third kappa shape index (κ3) is 3.23. The van der Waals surface area contributed by atoms with Gasteiger partial charge in [0, 0.05) is 26.2 Å². The molecule has 10 heteroatoms. The van der Waals surface area contributed by atoms with E-state index < -0.39 is 27.8 Å². The molecule has 2 aliphatic rings. The van der Waals surface area contributed by atoms with Crippen molar-refractivity contribution >= 4 is 44.8 Å². The fourth-order valence-electron chi connectivity index (χ4n) is 2.69. The van der Waals surface area contributed by atoms with Crippen molar-refractivity contribution < 1.29 is 23.1 Å². The second-order valence-corrected chi connectivity index (χ2v) is 9.45. The van der Waals surface area contributed by atoms with Crippen LogP contribution in [0, 0.1) is 11.8 Å². The van der Waals surface area contributed by atoms with Crippen LogP contribution >= 0.6 is 22.9 Å². The van der Waals surface area contributed by atoms with Gasteiger partial charge in [-0.3, -0.25) is 9.59 Å². The van der Waals surface area contributed by atoms with Crippen LogP contribution in [0.2, 0.25) is 4.34 Å². The number of hydrogen-bond donors (Lipinski definition) is 1. The number of sulfonamides is 1. The van der Waals surface area contributed by atoms with E-state index >= 15 is 0 Å². The molecule has 23 heavy (non-hydrogen) atoms. The highest BCUT2D eigenvalue weighted by atomic mass is 35.5. The molecular weight excluding hydrogens is 364 g/mol. The fraction of sp³-hybridized carbons (Fsp3) is 0.538. The molecule has 1 aromatic heterocycles. The molecule has 1 saturated carbocycles. The molecule has 0 radical (unpaired) electrons. The fourth-order valence-corrected chi connectivity index (χ4v) is 5.75. The van der Waals surface area contributed by atoms with Crippen LogP contribution in [-0.2, 0) is 19.6 Å². The van der Waals surface area contributed by atoms with Gasteiger partial charge in [-0.25, -0.2) is 8.42 Å². The van der Waals surface area contributed by atoms with Crippen molar-refractivity contribution in [2.45, 2.75) is 10.6 Å². The maximum atomic E-state index is 12.5. The highest BCUT2D eigenvalue weighted by molar-refractivity contribution is 7.91. The van der Waals surface area contributed by atoms with Crippen molar-refractivity contribution in [1.29, 1.82) is 0 Å². The number of carbonyl (C=O) groups is 2. The first-order chi connectivity index (χ1) is 10.8. The minimum atomic E-state index is -3.58. The van der Waals surface area contributed by atoms with E-state index in [-0.39, 0.29) is 36.3 Å². The number of rotatable bonds is 4. The van der Waals surface area contributed by atoms with Gasteiger partial charge in [0.05, 0.1) is 16.2 Å². The highest BCUT2D eigenvalue weighted by Crippen LogP contribution is 2.40. The van der Waals surface area contributed by atoms with Crippen molar-refractivity contribution in [1.82, 2.24) is 9.21 Å². The van der Waals surface area contributed by atoms with Gasteiger partial charge < -0.3 is 10.0 Å². The molecule has 0 aromatic carbocycles. The summed E-state index contributed by atoms with van der Waals surface area (Å²) in [4.78, 5) is 24.6. The molecule has 1 aliphatic heterocycles. The first-order valence-corrected chi connectivity index (χ1v) is 9.71. The van der Waals surface area contributed by atoms with Crippen molar-refractivity contribution in [3.63, 3.8) is 0 Å². The van der Waals surface area contributed by atoms with E-state index in [4.69, 9.17) is 16.7 Å². The average molecular weight is 379 g/mol. The van der Waals surface area contributed by atoms with Crippen LogP contribution in [0.4, 0.5) is 0 Å². The summed E-state index contributed by atoms with van der Waals surface area (Å²) in [7, 11) is -3.58. The second kappa shape index (κ2) is 6.04. The Kier molecular flexibility index (Phi) is 4.39. The van der Waals surface area contributed by atoms with Crippen LogP contribution in [0.1, 0.15) is 6.42 Å². The number of carboxylic acid groups (broad SMARTS) is 1. The molecule has 1 amide bonds. The van der Waals surface area contributed by atoms with Crippen LogP contribution < -0.4 is 0 Å². The maximum absolute atomic E-state index is 12.5. The Labute approximate surface area is 142 Å². The molecular formula is C13H15ClN2O5S2. The number of thiophene rings is 1. The van der Waals surface area contributed by atoms with Crippen molar-refractivity contribution in [3.05, 3.63) is 16.5 Å². The molecule has 0 spiro atoms. The predicted octanol–water partition coefficient (Wildman–Crippen LogP) is 0.955. The van der Waals surface area contributed by atoms with E-state index in [9.17, 15) is 18.0 Å². The topological polar surface area (TPSA) is 95.0 Å². The molecule has 2 unspecified atom stereocenters. The normalized spacial score (nSPS) is 25.3. The quantitative estimate of drug-likeness (QED) is 0.841. The van der Waals surface area contributed by atoms with Gasteiger partial charge >= 0.3 is 5.97 Å². The number of carboxylic acids is 1. The lowest BCUT2D eigenvalue weighted by Crippen LogP contribution is -2.51. The molecule has 2 fully saturated rings. The second-order valence-electron chi connectivity index (χ2n) is 5.57. The Morgan fingerprint density at radius 1 is 1.17 bits per heavy atom. The average Bonchev–Trinajstić information content (AvgIpc) is 3.21. The molecule has 2 atom stereocenters. The van der Waals surface area contributed by atoms with E-state index in [1.54, 1.807) is 4.90 Å². The zero-order valence-corrected chi connectivity index (χ0v) is 14.4. The monoisotopic (exact) mass is 378 g/mol. The number of nitrogens with zero attached hydrogens (tertiary/aromatic N) is 2. The van der Waals surface area contributed by atoms with Gasteiger partial charge in [-0.1, -0.05) is 11.6 Å². The summed E-state index contributed by atoms with van der Waals surface area (Å²) in [6, 6.07) is 3.01. The van der Waals surface area contributed by atoms with Crippen LogP contribution in [0.25, 0.3) is 0 Å². The number of hydrogen-bond acceptors (Lipinski definition) is 5. The van der Waals surface area contributed by atoms with E-state index in [0.29, 0.717) is 10.8 Å². The van der Waals surface area contributed by atoms with Gasteiger partial charge in [-0.15, -0.1) is 11.3 Å². The number of amides is 1. The van der Waals surface area contributed by atoms with Crippen LogP contribution in [-0.4, -0.2) is 60.8 Å². The van der Waals surface area contributed by atoms with E-state index in [2.05, 4.69) is 0 Å². The lowest BCUT2D eigenvalue weighted by atomic mass is 10.2. The molecule has 2 heterocycles. The summed E-state index contributed by atoms with van der Waals surface area (Å²) in [6.45, 7) is 0.960. The SMILES string of the molecule is O=C(O)C1CC1C(=O)N1CCN(S(=O)(=O)c2ccc(Cl)s2)CC1. The zero-order chi connectivity index (χ0) is 16.8. The van der Waals surface area contributed by atoms with Gasteiger partial charge in [0.2, 0.25) is 5.91 Å². The molecule has 3 rings (SSSR count). The standard InChI is InChI=1S/C13H15ClN2O5S2/c14-10-1-2-11(22-10)23(20,21)16-5-3-15(4-6-16)12(17)8-7-9(8)13(18)19/h1-2,8-9H,3-7H2,(H,18,19). The van der Waals surface area contributed by atoms with Crippen molar-refractivity contribution in [3.8, 4) is 0 Å². The van der Waals surface area contributed by atoms with Crippen LogP contribution in [0.15, 0.2) is 16.3 Å². The molecule has 1 saturated heterocycles. The van der Waals surface area contributed by atoms with Crippen LogP contribution in [0.3, 0.4) is 0 Å². The minimum Gasteiger partial charge on any atom is -0.481 e. The summed E-state index contributed by atoms with van der Waals surface area (Å²) >= 11 is 6.79.